The maximum atomic E-state index is 13.9. The Morgan fingerprint density at radius 1 is 0.976 bits per heavy atom. The number of benzene rings is 2. The zero-order valence-corrected chi connectivity index (χ0v) is 21.6. The first-order valence-corrected chi connectivity index (χ1v) is 12.6. The number of fused-ring (bicyclic) bond motifs is 1. The standard InChI is InChI=1S/C29H22F4N4O4/c1-2-41-28(40)23-16-35-37(24(23)8-10-36-26(38)21-5-3-4-6-22(21)27(36)39)25-14-17(7-9-34-25)11-18-12-19(29(31,32)33)15-20(30)13-18/h3-7,9,12-16H,2,8,10-11H2,1H3. The van der Waals surface area contributed by atoms with E-state index in [9.17, 15) is 31.9 Å². The molecule has 2 aromatic carbocycles. The summed E-state index contributed by atoms with van der Waals surface area (Å²) in [6, 6.07) is 11.9. The minimum atomic E-state index is -4.70. The summed E-state index contributed by atoms with van der Waals surface area (Å²) in [6.07, 6.45) is -2.01. The number of hydrogen-bond acceptors (Lipinski definition) is 6. The molecular formula is C29H22F4N4O4. The first-order valence-electron chi connectivity index (χ1n) is 12.6. The molecule has 0 unspecified atom stereocenters. The zero-order chi connectivity index (χ0) is 29.3. The average molecular weight is 567 g/mol. The molecule has 0 N–H and O–H groups in total. The predicted molar refractivity (Wildman–Crippen MR) is 137 cm³/mol. The Kier molecular flexibility index (Phi) is 7.40. The van der Waals surface area contributed by atoms with Crippen molar-refractivity contribution in [3.8, 4) is 5.82 Å². The van der Waals surface area contributed by atoms with E-state index in [4.69, 9.17) is 4.74 Å². The first kappa shape index (κ1) is 27.7. The second-order valence-corrected chi connectivity index (χ2v) is 9.24. The molecule has 0 atom stereocenters. The fourth-order valence-corrected chi connectivity index (χ4v) is 4.69. The molecule has 0 saturated carbocycles. The molecule has 1 aliphatic rings. The first-order chi connectivity index (χ1) is 19.6. The molecule has 0 bridgehead atoms. The van der Waals surface area contributed by atoms with Gasteiger partial charge in [-0.1, -0.05) is 12.1 Å². The molecule has 1 aliphatic heterocycles. The van der Waals surface area contributed by atoms with Gasteiger partial charge in [0.15, 0.2) is 5.82 Å². The van der Waals surface area contributed by atoms with Crippen molar-refractivity contribution in [3.63, 3.8) is 0 Å². The highest BCUT2D eigenvalue weighted by Crippen LogP contribution is 2.31. The second kappa shape index (κ2) is 11.0. The van der Waals surface area contributed by atoms with Crippen molar-refractivity contribution in [3.05, 3.63) is 112 Å². The van der Waals surface area contributed by atoms with E-state index in [1.165, 1.54) is 17.1 Å². The van der Waals surface area contributed by atoms with E-state index in [-0.39, 0.29) is 54.1 Å². The number of rotatable bonds is 8. The summed E-state index contributed by atoms with van der Waals surface area (Å²) in [5.74, 6) is -2.36. The van der Waals surface area contributed by atoms with Crippen LogP contribution < -0.4 is 0 Å². The van der Waals surface area contributed by atoms with Crippen molar-refractivity contribution < 1.29 is 36.7 Å². The smallest absolute Gasteiger partial charge is 0.416 e. The van der Waals surface area contributed by atoms with Crippen molar-refractivity contribution in [1.82, 2.24) is 19.7 Å². The van der Waals surface area contributed by atoms with Gasteiger partial charge in [-0.3, -0.25) is 14.5 Å². The fourth-order valence-electron chi connectivity index (χ4n) is 4.69. The van der Waals surface area contributed by atoms with E-state index < -0.39 is 35.3 Å². The number of pyridine rings is 1. The second-order valence-electron chi connectivity index (χ2n) is 9.24. The molecule has 4 aromatic rings. The summed E-state index contributed by atoms with van der Waals surface area (Å²) in [4.78, 5) is 43.8. The van der Waals surface area contributed by atoms with Gasteiger partial charge in [0.2, 0.25) is 0 Å². The predicted octanol–water partition coefficient (Wildman–Crippen LogP) is 5.03. The Labute approximate surface area is 231 Å². The van der Waals surface area contributed by atoms with E-state index in [0.29, 0.717) is 17.3 Å². The number of esters is 1. The van der Waals surface area contributed by atoms with E-state index in [0.717, 1.165) is 17.0 Å². The maximum Gasteiger partial charge on any atom is 0.416 e. The number of ether oxygens (including phenoxy) is 1. The molecule has 0 spiro atoms. The highest BCUT2D eigenvalue weighted by molar-refractivity contribution is 6.21. The van der Waals surface area contributed by atoms with E-state index >= 15 is 0 Å². The van der Waals surface area contributed by atoms with Gasteiger partial charge in [0.25, 0.3) is 11.8 Å². The van der Waals surface area contributed by atoms with Crippen molar-refractivity contribution in [1.29, 1.82) is 0 Å². The Hall–Kier alpha value is -4.87. The number of carbonyl (C=O) groups is 3. The van der Waals surface area contributed by atoms with Crippen LogP contribution in [0.4, 0.5) is 17.6 Å². The van der Waals surface area contributed by atoms with Gasteiger partial charge in [0.1, 0.15) is 11.4 Å². The summed E-state index contributed by atoms with van der Waals surface area (Å²) in [6.45, 7) is 1.68. The van der Waals surface area contributed by atoms with Crippen LogP contribution in [0.25, 0.3) is 5.82 Å². The van der Waals surface area contributed by atoms with Crippen LogP contribution in [0, 0.1) is 5.82 Å². The molecule has 0 aliphatic carbocycles. The molecule has 0 radical (unpaired) electrons. The third-order valence-corrected chi connectivity index (χ3v) is 6.53. The summed E-state index contributed by atoms with van der Waals surface area (Å²) in [5.41, 5.74) is 0.518. The van der Waals surface area contributed by atoms with Crippen molar-refractivity contribution in [2.24, 2.45) is 0 Å². The molecule has 5 rings (SSSR count). The highest BCUT2D eigenvalue weighted by Gasteiger charge is 2.35. The quantitative estimate of drug-likeness (QED) is 0.169. The Bertz CT molecular complexity index is 1630. The minimum Gasteiger partial charge on any atom is -0.462 e. The fraction of sp³-hybridized carbons (Fsp3) is 0.207. The molecular weight excluding hydrogens is 544 g/mol. The van der Waals surface area contributed by atoms with Gasteiger partial charge in [0, 0.05) is 19.2 Å². The van der Waals surface area contributed by atoms with Gasteiger partial charge in [-0.25, -0.2) is 18.9 Å². The van der Waals surface area contributed by atoms with Gasteiger partial charge < -0.3 is 4.74 Å². The summed E-state index contributed by atoms with van der Waals surface area (Å²) in [7, 11) is 0. The maximum absolute atomic E-state index is 13.9. The molecule has 3 heterocycles. The molecule has 2 amide bonds. The van der Waals surface area contributed by atoms with Gasteiger partial charge in [-0.15, -0.1) is 0 Å². The Morgan fingerprint density at radius 3 is 2.34 bits per heavy atom. The van der Waals surface area contributed by atoms with Crippen LogP contribution in [0.15, 0.2) is 67.0 Å². The van der Waals surface area contributed by atoms with Crippen molar-refractivity contribution in [2.75, 3.05) is 13.2 Å². The number of imide groups is 1. The topological polar surface area (TPSA) is 94.4 Å². The van der Waals surface area contributed by atoms with Gasteiger partial charge in [-0.05, 0) is 66.9 Å². The van der Waals surface area contributed by atoms with Gasteiger partial charge >= 0.3 is 12.1 Å². The SMILES string of the molecule is CCOC(=O)c1cnn(-c2cc(Cc3cc(F)cc(C(F)(F)F)c3)ccn2)c1CCN1C(=O)c2ccccc2C1=O. The highest BCUT2D eigenvalue weighted by atomic mass is 19.4. The van der Waals surface area contributed by atoms with Crippen molar-refractivity contribution in [2.45, 2.75) is 25.9 Å². The summed E-state index contributed by atoms with van der Waals surface area (Å²) in [5, 5.41) is 4.28. The van der Waals surface area contributed by atoms with Crippen LogP contribution in [-0.4, -0.2) is 50.6 Å². The van der Waals surface area contributed by atoms with E-state index in [2.05, 4.69) is 10.1 Å². The van der Waals surface area contributed by atoms with Gasteiger partial charge in [-0.2, -0.15) is 18.3 Å². The summed E-state index contributed by atoms with van der Waals surface area (Å²) < 4.78 is 60.0. The minimum absolute atomic E-state index is 0.0321. The molecule has 41 heavy (non-hydrogen) atoms. The number of amides is 2. The van der Waals surface area contributed by atoms with Crippen LogP contribution in [0.5, 0.6) is 0 Å². The molecule has 2 aromatic heterocycles. The number of carbonyl (C=O) groups excluding carboxylic acids is 3. The lowest BCUT2D eigenvalue weighted by molar-refractivity contribution is -0.137. The van der Waals surface area contributed by atoms with Crippen LogP contribution in [0.2, 0.25) is 0 Å². The molecule has 12 heteroatoms. The Balaban J connectivity index is 1.45. The molecule has 210 valence electrons. The number of nitrogens with zero attached hydrogens (tertiary/aromatic N) is 4. The third kappa shape index (κ3) is 5.58. The summed E-state index contributed by atoms with van der Waals surface area (Å²) >= 11 is 0. The number of aromatic nitrogens is 3. The lowest BCUT2D eigenvalue weighted by Gasteiger charge is -2.15. The Morgan fingerprint density at radius 2 is 1.68 bits per heavy atom. The van der Waals surface area contributed by atoms with Crippen LogP contribution in [0.1, 0.15) is 60.4 Å². The molecule has 0 saturated heterocycles. The van der Waals surface area contributed by atoms with Crippen LogP contribution in [-0.2, 0) is 23.8 Å². The molecule has 0 fully saturated rings. The zero-order valence-electron chi connectivity index (χ0n) is 21.6. The lowest BCUT2D eigenvalue weighted by atomic mass is 10.0. The third-order valence-electron chi connectivity index (χ3n) is 6.53. The number of alkyl halides is 3. The number of halogens is 4. The molecule has 8 nitrogen and oxygen atoms in total. The normalized spacial score (nSPS) is 13.0. The van der Waals surface area contributed by atoms with Gasteiger partial charge in [0.05, 0.1) is 35.2 Å². The van der Waals surface area contributed by atoms with E-state index in [1.54, 1.807) is 43.3 Å². The largest absolute Gasteiger partial charge is 0.462 e. The average Bonchev–Trinajstić information content (AvgIpc) is 3.46. The van der Waals surface area contributed by atoms with Crippen LogP contribution in [0.3, 0.4) is 0 Å². The van der Waals surface area contributed by atoms with E-state index in [1.807, 2.05) is 0 Å². The van der Waals surface area contributed by atoms with Crippen LogP contribution >= 0.6 is 0 Å². The number of hydrogen-bond donors (Lipinski definition) is 0. The lowest BCUT2D eigenvalue weighted by Crippen LogP contribution is -2.32. The van der Waals surface area contributed by atoms with Crippen molar-refractivity contribution >= 4 is 17.8 Å². The monoisotopic (exact) mass is 566 g/mol.